The molecule has 65 nitrogen and oxygen atoms in total. The zero-order valence-electron chi connectivity index (χ0n) is 77.3. The average Bonchev–Trinajstić information content (AvgIpc) is 1.63. The van der Waals surface area contributed by atoms with Gasteiger partial charge in [-0.25, -0.2) is 44.5 Å². The molecule has 7 aliphatic heterocycles. The molecule has 0 saturated carbocycles. The van der Waals surface area contributed by atoms with E-state index in [4.69, 9.17) is 208 Å². The van der Waals surface area contributed by atoms with Crippen LogP contribution in [0.25, 0.3) is 55.8 Å². The van der Waals surface area contributed by atoms with Gasteiger partial charge in [-0.1, -0.05) is 0 Å². The molecule has 0 spiro atoms. The summed E-state index contributed by atoms with van der Waals surface area (Å²) in [6.07, 6.45) is -18.8. The summed E-state index contributed by atoms with van der Waals surface area (Å²) in [5.41, 5.74) is 23.7. The van der Waals surface area contributed by atoms with Gasteiger partial charge in [-0.15, -0.1) is 0 Å². The van der Waals surface area contributed by atoms with Crippen molar-refractivity contribution in [3.63, 3.8) is 0 Å². The molecule has 19 rings (SSSR count). The van der Waals surface area contributed by atoms with Gasteiger partial charge >= 0.3 is 58.4 Å². The van der Waals surface area contributed by atoms with Crippen molar-refractivity contribution in [1.82, 2.24) is 117 Å². The minimum atomic E-state index is -4.80. The van der Waals surface area contributed by atoms with Gasteiger partial charge in [-0.3, -0.25) is 90.6 Å². The first kappa shape index (κ1) is 110. The number of aryl methyl sites for hydroxylation is 2. The van der Waals surface area contributed by atoms with E-state index in [1.54, 1.807) is 6.92 Å². The van der Waals surface area contributed by atoms with Gasteiger partial charge < -0.3 is 159 Å². The number of fused-ring (bicyclic) bond motifs is 5. The molecular weight excluding hydrogens is 2280 g/mol. The number of aromatic amines is 6. The van der Waals surface area contributed by atoms with Gasteiger partial charge in [-0.2, -0.15) is 19.9 Å². The van der Waals surface area contributed by atoms with Crippen LogP contribution >= 0.6 is 47.0 Å². The lowest BCUT2D eigenvalue weighted by Crippen LogP contribution is -2.33. The summed E-state index contributed by atoms with van der Waals surface area (Å²) in [5, 5.41) is 0. The third-order valence-electron chi connectivity index (χ3n) is 24.6. The zero-order chi connectivity index (χ0) is 107. The van der Waals surface area contributed by atoms with Crippen molar-refractivity contribution in [3.8, 4) is 0 Å². The SMILES string of the molecule is COP(O)(=S)OC1C[C@H](n2cnc3c(N)ncnc32)O[C@@H]1COP(O)(=S)OC1C[C@H](n2cnc3c(=O)[nH]c(N)nc32)O[C@@H]1COP(O)(=S)OC1C[C@H](n2cc(C)c(=O)[nH]c2=O)O[C@@H]1COP(O)(=S)OC1C[C@H](n2cnc3c(=O)[nH]c(N)nc32)O[C@@H]1COP(O)(=S)OC1C[C@H](n2cnc3c(=O)[nH]c(N)nc32)O[C@@H]1COP(O)(=S)OC1C[C@H](n2cnc3c(=O)[nH]c(N)nc32)O[C@@H]1COP(O)(=S)OC1C[C@H](n2cc(C)c(=O)[nH]c2=O)O[C@@H]1C. The van der Waals surface area contributed by atoms with E-state index in [0.29, 0.717) is 0 Å². The van der Waals surface area contributed by atoms with Gasteiger partial charge in [0.1, 0.15) is 92.1 Å². The summed E-state index contributed by atoms with van der Waals surface area (Å²) in [5.74, 6) is -1.20. The first-order chi connectivity index (χ1) is 70.8. The first-order valence-electron chi connectivity index (χ1n) is 44.4. The Labute approximate surface area is 871 Å². The summed E-state index contributed by atoms with van der Waals surface area (Å²) in [4.78, 5) is 248. The second kappa shape index (κ2) is 43.4. The highest BCUT2D eigenvalue weighted by molar-refractivity contribution is 8.09. The van der Waals surface area contributed by atoms with E-state index in [-0.39, 0.29) is 135 Å². The maximum atomic E-state index is 13.7. The molecule has 0 aliphatic carbocycles. The Morgan fingerprint density at radius 1 is 0.320 bits per heavy atom. The number of imidazole rings is 5. The molecule has 150 heavy (non-hydrogen) atoms. The molecule has 7 aliphatic rings. The maximum Gasteiger partial charge on any atom is 0.330 e. The van der Waals surface area contributed by atoms with Crippen molar-refractivity contribution in [3.05, 3.63) is 145 Å². The maximum absolute atomic E-state index is 13.7. The normalized spacial score (nSPS) is 29.1. The Morgan fingerprint density at radius 3 is 0.827 bits per heavy atom. The molecule has 19 heterocycles. The number of nitrogens with one attached hydrogen (secondary N) is 6. The topological polar surface area (TPSA) is 873 Å². The number of anilines is 5. The van der Waals surface area contributed by atoms with Gasteiger partial charge in [0.25, 0.3) is 33.4 Å². The first-order valence-corrected chi connectivity index (χ1v) is 62.5. The minimum absolute atomic E-state index is 0.0298. The van der Waals surface area contributed by atoms with Crippen molar-refractivity contribution in [1.29, 1.82) is 0 Å². The standard InChI is InChI=1S/C71H90N29O36P7S7/c1-26-12-94(70(107)92-60(26)101)42-5-29(28(3)123-42)130-138(110,145)117-16-38-32(8-45(126-38)97-22-80-50-56(97)84-66(73)88-62(50)103)133-142(114,149)121-19-41-35(11-48(129-41)100-25-83-53-59(100)87-69(76)91-65(53)106)136-143(115,150)122-18-40-34(10-47(128-40)99-24-82-52-58(99)86-68(75)90-64(52)105)135-141(113,148)119-15-37-31(6-43(124-37)95-13-27(2)61(102)93-71(95)108)132-139(111,146)120-17-39-33(9-46(127-39)98-23-81-51-57(98)85-67(74)89-63(51)104)134-140(112,147)118-14-36-30(131-137(109,144)116-4)7-44(125-36)96-21-79-49-54(72)77-20-78-55(49)96/h12-13,20-25,28-48H,5-11,14-19H2,1-4H3,(H,109,144)(H,110,145)(H,111,146)(H,112,147)(H,113,148)(H,114,149)(H,115,150)(H2,72,77,78)(H,92,101,107)(H,93,102,108)(H3,73,84,88,103)(H3,74,85,89,104)(H3,75,86,90,105)(H3,76,87,91,106)/t28-,29?,30?,31?,32?,33?,34?,35?,36-,37-,38-,39-,40-,41-,42-,43-,44-,45-,46-,47-,48-,137?,138?,139?,140?,141?,142?,143?/m1/s1. The molecule has 0 aromatic carbocycles. The molecule has 12 aromatic heterocycles. The van der Waals surface area contributed by atoms with Crippen LogP contribution in [0.2, 0.25) is 0 Å². The Bertz CT molecular complexity index is 8140. The summed E-state index contributed by atoms with van der Waals surface area (Å²) in [7, 11) is 1.14. The highest BCUT2D eigenvalue weighted by atomic mass is 32.5. The molecule has 14 unspecified atom stereocenters. The van der Waals surface area contributed by atoms with Crippen LogP contribution in [0.1, 0.15) is 107 Å². The Morgan fingerprint density at radius 2 is 0.553 bits per heavy atom. The van der Waals surface area contributed by atoms with Crippen molar-refractivity contribution in [2.45, 2.75) is 195 Å². The highest BCUT2D eigenvalue weighted by Crippen LogP contribution is 2.59. The number of aromatic nitrogens is 24. The van der Waals surface area contributed by atoms with Gasteiger partial charge in [0.2, 0.25) is 23.8 Å². The summed E-state index contributed by atoms with van der Waals surface area (Å²) >= 11 is 39.2. The van der Waals surface area contributed by atoms with Crippen LogP contribution < -0.4 is 73.4 Å². The number of hydrogen-bond donors (Lipinski definition) is 18. The Balaban J connectivity index is 0.549. The van der Waals surface area contributed by atoms with Gasteiger partial charge in [0, 0.05) is 75.6 Å². The zero-order valence-corrected chi connectivity index (χ0v) is 89.3. The predicted molar refractivity (Wildman–Crippen MR) is 540 cm³/mol. The van der Waals surface area contributed by atoms with Crippen molar-refractivity contribution in [2.75, 3.05) is 75.4 Å². The van der Waals surface area contributed by atoms with E-state index >= 15 is 0 Å². The number of ether oxygens (including phenoxy) is 7. The third kappa shape index (κ3) is 24.3. The Hall–Kier alpha value is -8.26. The molecular formula is C71H90N29O36P7S7. The van der Waals surface area contributed by atoms with Crippen LogP contribution in [0.15, 0.2) is 88.7 Å². The van der Waals surface area contributed by atoms with Crippen LogP contribution in [0.4, 0.5) is 29.6 Å². The van der Waals surface area contributed by atoms with Gasteiger partial charge in [-0.05, 0) is 103 Å². The van der Waals surface area contributed by atoms with Crippen LogP contribution in [0, 0.1) is 13.8 Å². The fourth-order valence-corrected chi connectivity index (χ4v) is 27.5. The van der Waals surface area contributed by atoms with Crippen molar-refractivity contribution in [2.24, 2.45) is 0 Å². The number of nitrogen functional groups attached to an aromatic ring is 5. The van der Waals surface area contributed by atoms with E-state index in [1.807, 2.05) is 0 Å². The molecule has 12 aromatic rings. The van der Waals surface area contributed by atoms with Crippen LogP contribution in [-0.4, -0.2) is 283 Å². The van der Waals surface area contributed by atoms with Crippen molar-refractivity contribution >= 4 is 215 Å². The molecule has 7 fully saturated rings. The summed E-state index contributed by atoms with van der Waals surface area (Å²) in [6, 6.07) is 0. The van der Waals surface area contributed by atoms with Crippen LogP contribution in [0.3, 0.4) is 0 Å². The monoisotopic (exact) mass is 2370 g/mol. The number of nitrogens with zero attached hydrogens (tertiary/aromatic N) is 18. The molecule has 28 atom stereocenters. The number of nitrogens with two attached hydrogens (primary N) is 5. The Kier molecular flexibility index (Phi) is 31.8. The number of hydrogen-bond acceptors (Lipinski definition) is 52. The lowest BCUT2D eigenvalue weighted by Gasteiger charge is -2.29. The summed E-state index contributed by atoms with van der Waals surface area (Å²) < 4.78 is 138. The van der Waals surface area contributed by atoms with E-state index < -0.39 is 267 Å². The second-order valence-electron chi connectivity index (χ2n) is 34.6. The molecule has 23 N–H and O–H groups in total. The molecule has 79 heteroatoms. The average molecular weight is 2370 g/mol. The van der Waals surface area contributed by atoms with Gasteiger partial charge in [0.05, 0.1) is 120 Å². The molecule has 0 amide bonds. The van der Waals surface area contributed by atoms with Crippen molar-refractivity contribution < 1.29 is 131 Å². The third-order valence-corrected chi connectivity index (χ3v) is 35.8. The fourth-order valence-electron chi connectivity index (χ4n) is 17.6. The quantitative estimate of drug-likeness (QED) is 0.0204. The lowest BCUT2D eigenvalue weighted by molar-refractivity contribution is -0.0567. The second-order valence-corrected chi connectivity index (χ2v) is 54.2. The lowest BCUT2D eigenvalue weighted by atomic mass is 10.2. The largest absolute Gasteiger partial charge is 0.382 e. The van der Waals surface area contributed by atoms with Crippen LogP contribution in [0.5, 0.6) is 0 Å². The van der Waals surface area contributed by atoms with E-state index in [9.17, 15) is 72.6 Å². The summed E-state index contributed by atoms with van der Waals surface area (Å²) in [6.45, 7) is -31.8. The van der Waals surface area contributed by atoms with E-state index in [2.05, 4.69) is 84.7 Å². The molecule has 7 saturated heterocycles. The van der Waals surface area contributed by atoms with E-state index in [0.717, 1.165) is 16.2 Å². The number of rotatable bonds is 40. The molecule has 0 bridgehead atoms. The highest BCUT2D eigenvalue weighted by Gasteiger charge is 2.52. The smallest absolute Gasteiger partial charge is 0.330 e. The minimum Gasteiger partial charge on any atom is -0.382 e. The molecule has 812 valence electrons. The van der Waals surface area contributed by atoms with Gasteiger partial charge in [0.15, 0.2) is 56.1 Å². The predicted octanol–water partition coefficient (Wildman–Crippen LogP) is -1.02. The van der Waals surface area contributed by atoms with Crippen LogP contribution in [-0.2, 0) is 179 Å². The molecule has 0 radical (unpaired) electrons. The number of H-pyrrole nitrogens is 6. The van der Waals surface area contributed by atoms with E-state index in [1.165, 1.54) is 87.0 Å². The fraction of sp³-hybridized carbons (Fsp3) is 0.535.